The average molecular weight is 321 g/mol. The lowest BCUT2D eigenvalue weighted by molar-refractivity contribution is -0.102. The zero-order chi connectivity index (χ0) is 16.4. The molecule has 2 aliphatic rings. The highest BCUT2D eigenvalue weighted by atomic mass is 16.7. The number of rotatable bonds is 2. The number of amidine groups is 1. The molecule has 0 saturated carbocycles. The van der Waals surface area contributed by atoms with Crippen molar-refractivity contribution in [3.63, 3.8) is 0 Å². The van der Waals surface area contributed by atoms with E-state index in [1.54, 1.807) is 0 Å². The summed E-state index contributed by atoms with van der Waals surface area (Å²) in [6, 6.07) is 21.5. The van der Waals surface area contributed by atoms with E-state index in [4.69, 9.17) is 9.83 Å². The molecule has 2 aliphatic heterocycles. The number of piperidine rings is 1. The molecule has 0 radical (unpaired) electrons. The van der Waals surface area contributed by atoms with Gasteiger partial charge in [-0.25, -0.2) is 0 Å². The van der Waals surface area contributed by atoms with Crippen molar-refractivity contribution in [3.8, 4) is 0 Å². The maximum Gasteiger partial charge on any atom is 0.310 e. The van der Waals surface area contributed by atoms with Crippen LogP contribution in [0.25, 0.3) is 0 Å². The largest absolute Gasteiger partial charge is 0.365 e. The van der Waals surface area contributed by atoms with Crippen LogP contribution >= 0.6 is 0 Å². The molecule has 24 heavy (non-hydrogen) atoms. The Balaban J connectivity index is 1.82. The lowest BCUT2D eigenvalue weighted by Gasteiger charge is -2.32. The van der Waals surface area contributed by atoms with E-state index in [0.717, 1.165) is 30.2 Å². The van der Waals surface area contributed by atoms with Crippen LogP contribution in [-0.4, -0.2) is 36.1 Å². The van der Waals surface area contributed by atoms with Crippen LogP contribution in [0.4, 0.5) is 0 Å². The first-order chi connectivity index (χ1) is 11.8. The van der Waals surface area contributed by atoms with E-state index in [1.807, 2.05) is 24.2 Å². The highest BCUT2D eigenvalue weighted by Crippen LogP contribution is 2.41. The fourth-order valence-corrected chi connectivity index (χ4v) is 3.63. The van der Waals surface area contributed by atoms with Crippen molar-refractivity contribution in [1.82, 2.24) is 9.96 Å². The minimum Gasteiger partial charge on any atom is -0.365 e. The van der Waals surface area contributed by atoms with Crippen LogP contribution in [0.15, 0.2) is 65.7 Å². The summed E-state index contributed by atoms with van der Waals surface area (Å²) in [6.45, 7) is 2.04. The number of hydroxylamine groups is 2. The summed E-state index contributed by atoms with van der Waals surface area (Å²) in [5, 5.41) is 1.89. The number of aliphatic imine (C=N–C) groups is 1. The number of hydrogen-bond acceptors (Lipinski definition) is 4. The third-order valence-electron chi connectivity index (χ3n) is 4.91. The lowest BCUT2D eigenvalue weighted by atomic mass is 9.91. The Morgan fingerprint density at radius 1 is 0.833 bits per heavy atom. The molecule has 0 unspecified atom stereocenters. The molecule has 4 nitrogen and oxygen atoms in total. The first kappa shape index (κ1) is 15.2. The molecule has 0 spiro atoms. The molecule has 4 rings (SSSR count). The molecule has 1 fully saturated rings. The van der Waals surface area contributed by atoms with Crippen molar-refractivity contribution in [2.24, 2.45) is 4.99 Å². The van der Waals surface area contributed by atoms with Crippen LogP contribution in [-0.2, 0) is 10.5 Å². The molecule has 0 amide bonds. The summed E-state index contributed by atoms with van der Waals surface area (Å²) in [5.74, 6) is 0. The SMILES string of the molecule is CN1OC(N2CCCCC2)=NC1(c1ccccc1)c1ccccc1. The predicted octanol–water partition coefficient (Wildman–Crippen LogP) is 3.61. The minimum absolute atomic E-state index is 0.630. The Labute approximate surface area is 143 Å². The summed E-state index contributed by atoms with van der Waals surface area (Å²) < 4.78 is 0. The zero-order valence-electron chi connectivity index (χ0n) is 14.1. The Bertz CT molecular complexity index is 669. The Hall–Kier alpha value is -2.33. The normalized spacial score (nSPS) is 20.5. The quantitative estimate of drug-likeness (QED) is 0.846. The van der Waals surface area contributed by atoms with Gasteiger partial charge in [-0.1, -0.05) is 60.7 Å². The molecular weight excluding hydrogens is 298 g/mol. The second-order valence-electron chi connectivity index (χ2n) is 6.44. The van der Waals surface area contributed by atoms with E-state index in [-0.39, 0.29) is 0 Å². The van der Waals surface area contributed by atoms with Crippen molar-refractivity contribution in [2.45, 2.75) is 24.9 Å². The fraction of sp³-hybridized carbons (Fsp3) is 0.350. The molecule has 0 aliphatic carbocycles. The molecule has 124 valence electrons. The van der Waals surface area contributed by atoms with Gasteiger partial charge in [0, 0.05) is 31.3 Å². The molecule has 0 N–H and O–H groups in total. The van der Waals surface area contributed by atoms with Gasteiger partial charge in [0.25, 0.3) is 0 Å². The highest BCUT2D eigenvalue weighted by Gasteiger charge is 2.46. The molecule has 0 aromatic heterocycles. The van der Waals surface area contributed by atoms with Gasteiger partial charge in [0.2, 0.25) is 5.66 Å². The van der Waals surface area contributed by atoms with Crippen LogP contribution in [0, 0.1) is 0 Å². The van der Waals surface area contributed by atoms with Crippen LogP contribution in [0.3, 0.4) is 0 Å². The highest BCUT2D eigenvalue weighted by molar-refractivity contribution is 5.76. The average Bonchev–Trinajstić information content (AvgIpc) is 3.02. The van der Waals surface area contributed by atoms with Crippen molar-refractivity contribution in [3.05, 3.63) is 71.8 Å². The van der Waals surface area contributed by atoms with E-state index >= 15 is 0 Å². The summed E-state index contributed by atoms with van der Waals surface area (Å²) in [4.78, 5) is 13.5. The Morgan fingerprint density at radius 2 is 1.38 bits per heavy atom. The molecule has 0 atom stereocenters. The molecule has 4 heteroatoms. The second-order valence-corrected chi connectivity index (χ2v) is 6.44. The maximum atomic E-state index is 6.13. The van der Waals surface area contributed by atoms with Gasteiger partial charge in [-0.3, -0.25) is 0 Å². The van der Waals surface area contributed by atoms with Gasteiger partial charge in [0.1, 0.15) is 0 Å². The van der Waals surface area contributed by atoms with Crippen molar-refractivity contribution >= 4 is 6.02 Å². The van der Waals surface area contributed by atoms with Crippen molar-refractivity contribution in [1.29, 1.82) is 0 Å². The fourth-order valence-electron chi connectivity index (χ4n) is 3.63. The lowest BCUT2D eigenvalue weighted by Crippen LogP contribution is -2.40. The van der Waals surface area contributed by atoms with E-state index in [9.17, 15) is 0 Å². The minimum atomic E-state index is -0.630. The Morgan fingerprint density at radius 3 is 1.92 bits per heavy atom. The zero-order valence-corrected chi connectivity index (χ0v) is 14.1. The topological polar surface area (TPSA) is 28.1 Å². The molecule has 2 aromatic rings. The molecule has 0 bridgehead atoms. The summed E-state index contributed by atoms with van der Waals surface area (Å²) in [6.07, 6.45) is 3.70. The monoisotopic (exact) mass is 321 g/mol. The number of nitrogens with zero attached hydrogens (tertiary/aromatic N) is 3. The number of benzene rings is 2. The van der Waals surface area contributed by atoms with Crippen LogP contribution in [0.2, 0.25) is 0 Å². The summed E-state index contributed by atoms with van der Waals surface area (Å²) in [7, 11) is 1.97. The first-order valence-corrected chi connectivity index (χ1v) is 8.68. The van der Waals surface area contributed by atoms with Gasteiger partial charge in [-0.05, 0) is 19.3 Å². The molecule has 2 aromatic carbocycles. The standard InChI is InChI=1S/C20H23N3O/c1-22-20(17-11-5-2-6-12-17,18-13-7-3-8-14-18)21-19(24-22)23-15-9-4-10-16-23/h2-3,5-8,11-14H,4,9-10,15-16H2,1H3. The van der Waals surface area contributed by atoms with Crippen LogP contribution in [0.1, 0.15) is 30.4 Å². The predicted molar refractivity (Wildman–Crippen MR) is 95.4 cm³/mol. The van der Waals surface area contributed by atoms with Gasteiger partial charge < -0.3 is 9.74 Å². The maximum absolute atomic E-state index is 6.13. The third-order valence-corrected chi connectivity index (χ3v) is 4.91. The smallest absolute Gasteiger partial charge is 0.310 e. The van der Waals surface area contributed by atoms with Gasteiger partial charge in [0.05, 0.1) is 0 Å². The van der Waals surface area contributed by atoms with Crippen LogP contribution in [0.5, 0.6) is 0 Å². The molecular formula is C20H23N3O. The number of hydrogen-bond donors (Lipinski definition) is 0. The van der Waals surface area contributed by atoms with E-state index in [1.165, 1.54) is 19.3 Å². The number of likely N-dealkylation sites (tertiary alicyclic amines) is 1. The van der Waals surface area contributed by atoms with Crippen molar-refractivity contribution < 1.29 is 4.84 Å². The molecule has 1 saturated heterocycles. The first-order valence-electron chi connectivity index (χ1n) is 8.68. The molecule has 2 heterocycles. The van der Waals surface area contributed by atoms with Crippen molar-refractivity contribution in [2.75, 3.05) is 20.1 Å². The van der Waals surface area contributed by atoms with E-state index in [2.05, 4.69) is 53.4 Å². The van der Waals surface area contributed by atoms with Gasteiger partial charge >= 0.3 is 6.02 Å². The van der Waals surface area contributed by atoms with E-state index in [0.29, 0.717) is 0 Å². The Kier molecular flexibility index (Phi) is 3.98. The summed E-state index contributed by atoms with van der Waals surface area (Å²) in [5.41, 5.74) is 1.60. The van der Waals surface area contributed by atoms with Gasteiger partial charge in [-0.2, -0.15) is 4.99 Å². The van der Waals surface area contributed by atoms with Crippen LogP contribution < -0.4 is 0 Å². The van der Waals surface area contributed by atoms with E-state index < -0.39 is 5.66 Å². The third kappa shape index (κ3) is 2.47. The van der Waals surface area contributed by atoms with Gasteiger partial charge in [0.15, 0.2) is 0 Å². The summed E-state index contributed by atoms with van der Waals surface area (Å²) >= 11 is 0. The van der Waals surface area contributed by atoms with Gasteiger partial charge in [-0.15, -0.1) is 5.06 Å². The second kappa shape index (κ2) is 6.29.